The molecule has 2 amide bonds. The lowest BCUT2D eigenvalue weighted by Crippen LogP contribution is -2.26. The second-order valence-corrected chi connectivity index (χ2v) is 5.84. The van der Waals surface area contributed by atoms with E-state index in [0.717, 1.165) is 6.42 Å². The summed E-state index contributed by atoms with van der Waals surface area (Å²) in [5.74, 6) is 0.542. The number of aromatic nitrogens is 4. The van der Waals surface area contributed by atoms with E-state index in [4.69, 9.17) is 4.42 Å². The lowest BCUT2D eigenvalue weighted by Gasteiger charge is -2.19. The van der Waals surface area contributed by atoms with E-state index in [-0.39, 0.29) is 18.4 Å². The highest BCUT2D eigenvalue weighted by Gasteiger charge is 2.24. The van der Waals surface area contributed by atoms with Crippen molar-refractivity contribution < 1.29 is 14.0 Å². The Morgan fingerprint density at radius 3 is 2.88 bits per heavy atom. The molecule has 1 N–H and O–H groups in total. The monoisotopic (exact) mass is 352 g/mol. The summed E-state index contributed by atoms with van der Waals surface area (Å²) < 4.78 is 5.20. The van der Waals surface area contributed by atoms with Crippen LogP contribution in [-0.4, -0.2) is 38.6 Å². The third-order valence-corrected chi connectivity index (χ3v) is 4.02. The van der Waals surface area contributed by atoms with Gasteiger partial charge in [0.15, 0.2) is 5.76 Å². The number of nitrogens with zero attached hydrogens (tertiary/aromatic N) is 5. The zero-order chi connectivity index (χ0) is 17.9. The standard InChI is InChI=1S/C17H16N6O3/c24-15(11-23-20-17(19-21-23)14-7-4-10-26-14)18-12-5-1-2-6-13(12)22-9-3-8-16(22)25/h1-2,4-7,10H,3,8-9,11H2,(H,18,24). The molecule has 0 unspecified atom stereocenters. The highest BCUT2D eigenvalue weighted by Crippen LogP contribution is 2.29. The van der Waals surface area contributed by atoms with Crippen LogP contribution in [-0.2, 0) is 16.1 Å². The second kappa shape index (κ2) is 6.79. The maximum absolute atomic E-state index is 12.4. The van der Waals surface area contributed by atoms with Crippen LogP contribution >= 0.6 is 0 Å². The van der Waals surface area contributed by atoms with Gasteiger partial charge in [0.1, 0.15) is 6.54 Å². The average Bonchev–Trinajstić information content (AvgIpc) is 3.36. The molecule has 0 aliphatic carbocycles. The Kier molecular flexibility index (Phi) is 4.18. The SMILES string of the molecule is O=C(Cn1nnc(-c2ccco2)n1)Nc1ccccc1N1CCCC1=O. The Labute approximate surface area is 148 Å². The molecule has 9 heteroatoms. The molecular weight excluding hydrogens is 336 g/mol. The van der Waals surface area contributed by atoms with Crippen LogP contribution in [0.3, 0.4) is 0 Å². The van der Waals surface area contributed by atoms with E-state index in [1.165, 1.54) is 11.1 Å². The quantitative estimate of drug-likeness (QED) is 0.749. The summed E-state index contributed by atoms with van der Waals surface area (Å²) in [5.41, 5.74) is 1.28. The smallest absolute Gasteiger partial charge is 0.248 e. The normalized spacial score (nSPS) is 14.0. The van der Waals surface area contributed by atoms with Gasteiger partial charge in [-0.15, -0.1) is 10.2 Å². The lowest BCUT2D eigenvalue weighted by molar-refractivity contribution is -0.118. The van der Waals surface area contributed by atoms with Crippen LogP contribution in [0, 0.1) is 0 Å². The first-order chi connectivity index (χ1) is 12.7. The fourth-order valence-corrected chi connectivity index (χ4v) is 2.85. The van der Waals surface area contributed by atoms with Gasteiger partial charge in [0.05, 0.1) is 17.6 Å². The maximum Gasteiger partial charge on any atom is 0.248 e. The van der Waals surface area contributed by atoms with Gasteiger partial charge < -0.3 is 14.6 Å². The number of para-hydroxylation sites is 2. The van der Waals surface area contributed by atoms with Crippen LogP contribution in [0.25, 0.3) is 11.6 Å². The van der Waals surface area contributed by atoms with E-state index in [2.05, 4.69) is 20.7 Å². The van der Waals surface area contributed by atoms with Gasteiger partial charge in [0, 0.05) is 13.0 Å². The number of nitrogens with one attached hydrogen (secondary N) is 1. The Balaban J connectivity index is 1.46. The van der Waals surface area contributed by atoms with Crippen molar-refractivity contribution in [1.82, 2.24) is 20.2 Å². The third-order valence-electron chi connectivity index (χ3n) is 4.02. The molecule has 3 heterocycles. The third kappa shape index (κ3) is 3.18. The van der Waals surface area contributed by atoms with E-state index in [9.17, 15) is 9.59 Å². The number of furan rings is 1. The zero-order valence-electron chi connectivity index (χ0n) is 13.8. The van der Waals surface area contributed by atoms with Crippen LogP contribution in [0.15, 0.2) is 47.1 Å². The van der Waals surface area contributed by atoms with Crippen LogP contribution in [0.2, 0.25) is 0 Å². The first kappa shape index (κ1) is 16.0. The highest BCUT2D eigenvalue weighted by atomic mass is 16.3. The Morgan fingerprint density at radius 1 is 1.23 bits per heavy atom. The molecule has 3 aromatic rings. The molecule has 1 fully saturated rings. The van der Waals surface area contributed by atoms with Gasteiger partial charge >= 0.3 is 0 Å². The van der Waals surface area contributed by atoms with Crippen molar-refractivity contribution in [3.63, 3.8) is 0 Å². The van der Waals surface area contributed by atoms with Crippen molar-refractivity contribution in [1.29, 1.82) is 0 Å². The molecular formula is C17H16N6O3. The van der Waals surface area contributed by atoms with E-state index < -0.39 is 0 Å². The summed E-state index contributed by atoms with van der Waals surface area (Å²) in [6.07, 6.45) is 2.86. The summed E-state index contributed by atoms with van der Waals surface area (Å²) in [6, 6.07) is 10.7. The second-order valence-electron chi connectivity index (χ2n) is 5.84. The molecule has 132 valence electrons. The molecule has 4 rings (SSSR count). The largest absolute Gasteiger partial charge is 0.461 e. The van der Waals surface area contributed by atoms with Gasteiger partial charge in [0.25, 0.3) is 0 Å². The number of amides is 2. The average molecular weight is 352 g/mol. The van der Waals surface area contributed by atoms with E-state index in [0.29, 0.717) is 35.9 Å². The summed E-state index contributed by atoms with van der Waals surface area (Å²) >= 11 is 0. The molecule has 0 atom stereocenters. The molecule has 2 aromatic heterocycles. The molecule has 1 aliphatic heterocycles. The zero-order valence-corrected chi connectivity index (χ0v) is 13.8. The number of benzene rings is 1. The number of carbonyl (C=O) groups is 2. The van der Waals surface area contributed by atoms with Gasteiger partial charge in [-0.2, -0.15) is 4.80 Å². The number of anilines is 2. The minimum absolute atomic E-state index is 0.0627. The highest BCUT2D eigenvalue weighted by molar-refractivity contribution is 6.01. The van der Waals surface area contributed by atoms with Crippen molar-refractivity contribution >= 4 is 23.2 Å². The number of tetrazole rings is 1. The summed E-state index contributed by atoms with van der Waals surface area (Å²) in [4.78, 5) is 27.2. The Morgan fingerprint density at radius 2 is 2.12 bits per heavy atom. The molecule has 1 aromatic carbocycles. The molecule has 0 saturated carbocycles. The van der Waals surface area contributed by atoms with E-state index >= 15 is 0 Å². The maximum atomic E-state index is 12.4. The van der Waals surface area contributed by atoms with Crippen molar-refractivity contribution in [2.24, 2.45) is 0 Å². The van der Waals surface area contributed by atoms with Gasteiger partial charge in [-0.05, 0) is 35.9 Å². The Hall–Kier alpha value is -3.49. The van der Waals surface area contributed by atoms with Gasteiger partial charge in [0.2, 0.25) is 17.6 Å². The van der Waals surface area contributed by atoms with E-state index in [1.54, 1.807) is 23.1 Å². The van der Waals surface area contributed by atoms with Gasteiger partial charge in [-0.1, -0.05) is 12.1 Å². The van der Waals surface area contributed by atoms with Crippen LogP contribution < -0.4 is 10.2 Å². The molecule has 1 aliphatic rings. The fraction of sp³-hybridized carbons (Fsp3) is 0.235. The van der Waals surface area contributed by atoms with E-state index in [1.807, 2.05) is 18.2 Å². The van der Waals surface area contributed by atoms with Crippen LogP contribution in [0.4, 0.5) is 11.4 Å². The summed E-state index contributed by atoms with van der Waals surface area (Å²) in [7, 11) is 0. The predicted octanol–water partition coefficient (Wildman–Crippen LogP) is 1.70. The predicted molar refractivity (Wildman–Crippen MR) is 92.2 cm³/mol. The molecule has 26 heavy (non-hydrogen) atoms. The van der Waals surface area contributed by atoms with Crippen molar-refractivity contribution in [3.8, 4) is 11.6 Å². The Bertz CT molecular complexity index is 934. The fourth-order valence-electron chi connectivity index (χ4n) is 2.85. The van der Waals surface area contributed by atoms with Crippen LogP contribution in [0.5, 0.6) is 0 Å². The molecule has 9 nitrogen and oxygen atoms in total. The summed E-state index contributed by atoms with van der Waals surface area (Å²) in [6.45, 7) is 0.554. The van der Waals surface area contributed by atoms with Crippen molar-refractivity contribution in [3.05, 3.63) is 42.7 Å². The molecule has 1 saturated heterocycles. The van der Waals surface area contributed by atoms with Gasteiger partial charge in [-0.25, -0.2) is 0 Å². The first-order valence-electron chi connectivity index (χ1n) is 8.21. The molecule has 0 spiro atoms. The van der Waals surface area contributed by atoms with Crippen LogP contribution in [0.1, 0.15) is 12.8 Å². The minimum Gasteiger partial charge on any atom is -0.461 e. The lowest BCUT2D eigenvalue weighted by atomic mass is 10.2. The number of hydrogen-bond acceptors (Lipinski definition) is 6. The topological polar surface area (TPSA) is 106 Å². The van der Waals surface area contributed by atoms with Crippen molar-refractivity contribution in [2.75, 3.05) is 16.8 Å². The first-order valence-corrected chi connectivity index (χ1v) is 8.21. The summed E-state index contributed by atoms with van der Waals surface area (Å²) in [5, 5.41) is 14.7. The number of rotatable bonds is 5. The van der Waals surface area contributed by atoms with Crippen molar-refractivity contribution in [2.45, 2.75) is 19.4 Å². The van der Waals surface area contributed by atoms with Gasteiger partial charge in [-0.3, -0.25) is 9.59 Å². The number of carbonyl (C=O) groups excluding carboxylic acids is 2. The molecule has 0 radical (unpaired) electrons. The molecule has 0 bridgehead atoms. The minimum atomic E-state index is -0.313. The number of hydrogen-bond donors (Lipinski definition) is 1.